The SMILES string of the molecule is Cc1ccc(S(=O)(=O)Nc2nc3ccccc3nc2Nc2ccc(Br)cc2C)cc1C. The molecule has 6 nitrogen and oxygen atoms in total. The number of hydrogen-bond donors (Lipinski definition) is 2. The first kappa shape index (κ1) is 21.3. The maximum Gasteiger partial charge on any atom is 0.263 e. The molecule has 0 atom stereocenters. The van der Waals surface area contributed by atoms with Gasteiger partial charge in [-0.3, -0.25) is 4.72 Å². The summed E-state index contributed by atoms with van der Waals surface area (Å²) < 4.78 is 29.8. The molecule has 0 spiro atoms. The molecule has 0 saturated carbocycles. The maximum atomic E-state index is 13.1. The first-order valence-corrected chi connectivity index (χ1v) is 11.9. The highest BCUT2D eigenvalue weighted by Crippen LogP contribution is 2.29. The van der Waals surface area contributed by atoms with Crippen LogP contribution in [0, 0.1) is 20.8 Å². The van der Waals surface area contributed by atoms with Crippen LogP contribution in [0.2, 0.25) is 0 Å². The van der Waals surface area contributed by atoms with Crippen molar-refractivity contribution < 1.29 is 8.42 Å². The second-order valence-electron chi connectivity index (χ2n) is 7.35. The van der Waals surface area contributed by atoms with Crippen molar-refractivity contribution in [2.45, 2.75) is 25.7 Å². The Bertz CT molecular complexity index is 1400. The molecule has 0 aliphatic carbocycles. The van der Waals surface area contributed by atoms with Crippen LogP contribution in [0.1, 0.15) is 16.7 Å². The van der Waals surface area contributed by atoms with Crippen LogP contribution in [0.4, 0.5) is 17.3 Å². The predicted molar refractivity (Wildman–Crippen MR) is 128 cm³/mol. The number of para-hydroxylation sites is 2. The van der Waals surface area contributed by atoms with Crippen molar-refractivity contribution in [2.24, 2.45) is 0 Å². The Balaban J connectivity index is 1.79. The molecule has 0 aliphatic heterocycles. The Kier molecular flexibility index (Phi) is 5.68. The number of rotatable bonds is 5. The number of anilines is 3. The van der Waals surface area contributed by atoms with Crippen molar-refractivity contribution in [3.8, 4) is 0 Å². The van der Waals surface area contributed by atoms with Crippen molar-refractivity contribution in [2.75, 3.05) is 10.0 Å². The summed E-state index contributed by atoms with van der Waals surface area (Å²) in [5, 5.41) is 3.23. The lowest BCUT2D eigenvalue weighted by Gasteiger charge is -2.15. The third kappa shape index (κ3) is 4.55. The summed E-state index contributed by atoms with van der Waals surface area (Å²) in [6.45, 7) is 5.78. The number of halogens is 1. The van der Waals surface area contributed by atoms with E-state index in [4.69, 9.17) is 0 Å². The molecule has 0 unspecified atom stereocenters. The van der Waals surface area contributed by atoms with Crippen molar-refractivity contribution >= 4 is 54.3 Å². The molecular formula is C23H21BrN4O2S. The number of nitrogens with one attached hydrogen (secondary N) is 2. The van der Waals surface area contributed by atoms with E-state index in [0.29, 0.717) is 16.9 Å². The van der Waals surface area contributed by atoms with Gasteiger partial charge in [0.2, 0.25) is 0 Å². The third-order valence-electron chi connectivity index (χ3n) is 5.03. The zero-order chi connectivity index (χ0) is 22.2. The highest BCUT2D eigenvalue weighted by Gasteiger charge is 2.20. The smallest absolute Gasteiger partial charge is 0.263 e. The Morgan fingerprint density at radius 3 is 2.10 bits per heavy atom. The molecule has 1 aromatic heterocycles. The first-order chi connectivity index (χ1) is 14.7. The van der Waals surface area contributed by atoms with Crippen molar-refractivity contribution in [1.82, 2.24) is 9.97 Å². The fourth-order valence-corrected chi connectivity index (χ4v) is 4.69. The van der Waals surface area contributed by atoms with Crippen molar-refractivity contribution in [1.29, 1.82) is 0 Å². The molecule has 0 saturated heterocycles. The van der Waals surface area contributed by atoms with Crippen LogP contribution in [0.25, 0.3) is 11.0 Å². The molecule has 4 rings (SSSR count). The summed E-state index contributed by atoms with van der Waals surface area (Å²) in [6, 6.07) is 18.1. The highest BCUT2D eigenvalue weighted by atomic mass is 79.9. The molecule has 0 radical (unpaired) electrons. The minimum atomic E-state index is -3.85. The van der Waals surface area contributed by atoms with Gasteiger partial charge in [-0.15, -0.1) is 0 Å². The van der Waals surface area contributed by atoms with Gasteiger partial charge in [-0.05, 0) is 79.9 Å². The quantitative estimate of drug-likeness (QED) is 0.361. The van der Waals surface area contributed by atoms with Gasteiger partial charge in [0.15, 0.2) is 11.6 Å². The monoisotopic (exact) mass is 496 g/mol. The number of fused-ring (bicyclic) bond motifs is 1. The van der Waals surface area contributed by atoms with Gasteiger partial charge in [-0.25, -0.2) is 18.4 Å². The molecule has 2 N–H and O–H groups in total. The summed E-state index contributed by atoms with van der Waals surface area (Å²) in [4.78, 5) is 9.35. The van der Waals surface area contributed by atoms with Gasteiger partial charge in [0.05, 0.1) is 15.9 Å². The molecule has 4 aromatic rings. The van der Waals surface area contributed by atoms with E-state index in [1.165, 1.54) is 0 Å². The molecule has 1 heterocycles. The van der Waals surface area contributed by atoms with Crippen molar-refractivity contribution in [3.63, 3.8) is 0 Å². The molecule has 0 amide bonds. The lowest BCUT2D eigenvalue weighted by Crippen LogP contribution is -2.16. The van der Waals surface area contributed by atoms with Crippen molar-refractivity contribution in [3.05, 3.63) is 81.8 Å². The number of aromatic nitrogens is 2. The van der Waals surface area contributed by atoms with E-state index in [1.54, 1.807) is 24.3 Å². The Labute approximate surface area is 189 Å². The minimum Gasteiger partial charge on any atom is -0.337 e. The fourth-order valence-electron chi connectivity index (χ4n) is 3.12. The van der Waals surface area contributed by atoms with E-state index < -0.39 is 10.0 Å². The lowest BCUT2D eigenvalue weighted by atomic mass is 10.1. The summed E-state index contributed by atoms with van der Waals surface area (Å²) in [5.74, 6) is 0.468. The number of aryl methyl sites for hydroxylation is 3. The minimum absolute atomic E-state index is 0.138. The summed E-state index contributed by atoms with van der Waals surface area (Å²) in [7, 11) is -3.85. The second-order valence-corrected chi connectivity index (χ2v) is 9.94. The molecule has 0 fully saturated rings. The summed E-state index contributed by atoms with van der Waals surface area (Å²) in [5.41, 5.74) is 4.97. The van der Waals surface area contributed by atoms with Gasteiger partial charge in [-0.1, -0.05) is 34.1 Å². The normalized spacial score (nSPS) is 11.5. The second kappa shape index (κ2) is 8.28. The Hall–Kier alpha value is -2.97. The van der Waals surface area contributed by atoms with Crippen LogP contribution in [-0.4, -0.2) is 18.4 Å². The van der Waals surface area contributed by atoms with Gasteiger partial charge in [-0.2, -0.15) is 0 Å². The number of nitrogens with zero attached hydrogens (tertiary/aromatic N) is 2. The molecule has 158 valence electrons. The predicted octanol–water partition coefficient (Wildman–Crippen LogP) is 5.86. The van der Waals surface area contributed by atoms with Crippen LogP contribution in [0.5, 0.6) is 0 Å². The van der Waals surface area contributed by atoms with E-state index in [9.17, 15) is 8.42 Å². The highest BCUT2D eigenvalue weighted by molar-refractivity contribution is 9.10. The molecular weight excluding hydrogens is 476 g/mol. The van der Waals surface area contributed by atoms with E-state index in [2.05, 4.69) is 35.9 Å². The number of sulfonamides is 1. The first-order valence-electron chi connectivity index (χ1n) is 9.63. The molecule has 0 aliphatic rings. The van der Waals surface area contributed by atoms with E-state index in [1.807, 2.05) is 57.2 Å². The maximum absolute atomic E-state index is 13.1. The average molecular weight is 497 g/mol. The fraction of sp³-hybridized carbons (Fsp3) is 0.130. The van der Waals surface area contributed by atoms with Gasteiger partial charge in [0, 0.05) is 10.2 Å². The standard InChI is InChI=1S/C23H21BrN4O2S/c1-14-8-10-18(13-15(14)2)31(29,30)28-23-22(25-19-11-9-17(24)12-16(19)3)26-20-6-4-5-7-21(20)27-23/h4-13H,1-3H3,(H,25,26)(H,27,28). The van der Waals surface area contributed by atoms with E-state index in [-0.39, 0.29) is 10.7 Å². The molecule has 8 heteroatoms. The number of hydrogen-bond acceptors (Lipinski definition) is 5. The Morgan fingerprint density at radius 2 is 1.45 bits per heavy atom. The zero-order valence-electron chi connectivity index (χ0n) is 17.3. The third-order valence-corrected chi connectivity index (χ3v) is 6.86. The summed E-state index contributed by atoms with van der Waals surface area (Å²) in [6.07, 6.45) is 0. The van der Waals surface area contributed by atoms with Crippen LogP contribution in [-0.2, 0) is 10.0 Å². The lowest BCUT2D eigenvalue weighted by molar-refractivity contribution is 0.601. The molecule has 3 aromatic carbocycles. The Morgan fingerprint density at radius 1 is 0.774 bits per heavy atom. The van der Waals surface area contributed by atoms with Gasteiger partial charge in [0.25, 0.3) is 10.0 Å². The van der Waals surface area contributed by atoms with Crippen LogP contribution < -0.4 is 10.0 Å². The largest absolute Gasteiger partial charge is 0.337 e. The van der Waals surface area contributed by atoms with Crippen LogP contribution >= 0.6 is 15.9 Å². The zero-order valence-corrected chi connectivity index (χ0v) is 19.7. The number of benzene rings is 3. The van der Waals surface area contributed by atoms with Gasteiger partial charge >= 0.3 is 0 Å². The topological polar surface area (TPSA) is 84.0 Å². The molecule has 0 bridgehead atoms. The van der Waals surface area contributed by atoms with Gasteiger partial charge < -0.3 is 5.32 Å². The van der Waals surface area contributed by atoms with E-state index >= 15 is 0 Å². The van der Waals surface area contributed by atoms with Crippen LogP contribution in [0.15, 0.2) is 70.0 Å². The average Bonchev–Trinajstić information content (AvgIpc) is 2.72. The van der Waals surface area contributed by atoms with E-state index in [0.717, 1.165) is 26.9 Å². The van der Waals surface area contributed by atoms with Crippen LogP contribution in [0.3, 0.4) is 0 Å². The van der Waals surface area contributed by atoms with Gasteiger partial charge in [0.1, 0.15) is 0 Å². The molecule has 31 heavy (non-hydrogen) atoms. The summed E-state index contributed by atoms with van der Waals surface area (Å²) >= 11 is 3.46.